The van der Waals surface area contributed by atoms with Gasteiger partial charge in [0.25, 0.3) is 5.91 Å². The average molecular weight is 374 g/mol. The third kappa shape index (κ3) is 4.16. The van der Waals surface area contributed by atoms with Crippen molar-refractivity contribution in [3.63, 3.8) is 0 Å². The lowest BCUT2D eigenvalue weighted by molar-refractivity contribution is -0.165. The van der Waals surface area contributed by atoms with Gasteiger partial charge in [0.05, 0.1) is 26.0 Å². The highest BCUT2D eigenvalue weighted by Gasteiger charge is 2.48. The lowest BCUT2D eigenvalue weighted by Crippen LogP contribution is -2.66. The van der Waals surface area contributed by atoms with E-state index in [9.17, 15) is 22.0 Å². The maximum Gasteiger partial charge on any atom is 0.254 e. The molecule has 0 saturated carbocycles. The topological polar surface area (TPSA) is 75.7 Å². The maximum absolute atomic E-state index is 13.3. The quantitative estimate of drug-likeness (QED) is 0.858. The van der Waals surface area contributed by atoms with Gasteiger partial charge in [-0.3, -0.25) is 4.79 Å². The van der Waals surface area contributed by atoms with Gasteiger partial charge in [-0.15, -0.1) is 0 Å². The fourth-order valence-electron chi connectivity index (χ4n) is 3.20. The Kier molecular flexibility index (Phi) is 4.82. The third-order valence-electron chi connectivity index (χ3n) is 4.68. The number of ether oxygens (including phenoxy) is 1. The number of carbonyl (C=O) groups excluding carboxylic acids is 1. The van der Waals surface area contributed by atoms with Crippen LogP contribution in [-0.4, -0.2) is 57.3 Å². The zero-order valence-corrected chi connectivity index (χ0v) is 14.6. The number of hydrogen-bond acceptors (Lipinski definition) is 4. The summed E-state index contributed by atoms with van der Waals surface area (Å²) in [6.07, 6.45) is 2.65. The summed E-state index contributed by atoms with van der Waals surface area (Å²) in [4.78, 5) is 13.8. The molecule has 1 atom stereocenters. The molecule has 2 saturated heterocycles. The second-order valence-electron chi connectivity index (χ2n) is 6.81. The Morgan fingerprint density at radius 1 is 1.36 bits per heavy atom. The predicted molar refractivity (Wildman–Crippen MR) is 86.5 cm³/mol. The highest BCUT2D eigenvalue weighted by Crippen LogP contribution is 2.36. The maximum atomic E-state index is 13.3. The van der Waals surface area contributed by atoms with E-state index in [1.54, 1.807) is 4.90 Å². The van der Waals surface area contributed by atoms with Gasteiger partial charge in [-0.1, -0.05) is 0 Å². The van der Waals surface area contributed by atoms with E-state index in [0.29, 0.717) is 26.2 Å². The van der Waals surface area contributed by atoms with Crippen LogP contribution in [0.3, 0.4) is 0 Å². The minimum atomic E-state index is -3.22. The van der Waals surface area contributed by atoms with Crippen LogP contribution in [0.25, 0.3) is 0 Å². The van der Waals surface area contributed by atoms with Crippen LogP contribution >= 0.6 is 0 Å². The Morgan fingerprint density at radius 3 is 2.64 bits per heavy atom. The van der Waals surface area contributed by atoms with Crippen LogP contribution in [0.1, 0.15) is 23.2 Å². The summed E-state index contributed by atoms with van der Waals surface area (Å²) in [7, 11) is -3.22. The zero-order valence-electron chi connectivity index (χ0n) is 13.8. The molecule has 2 fully saturated rings. The van der Waals surface area contributed by atoms with Crippen LogP contribution in [0, 0.1) is 17.6 Å². The van der Waals surface area contributed by atoms with Crippen molar-refractivity contribution >= 4 is 15.9 Å². The minimum Gasteiger partial charge on any atom is -0.371 e. The Hall–Kier alpha value is -1.58. The second-order valence-corrected chi connectivity index (χ2v) is 8.64. The summed E-state index contributed by atoms with van der Waals surface area (Å²) in [6.45, 7) is 1.57. The van der Waals surface area contributed by atoms with E-state index < -0.39 is 27.3 Å². The van der Waals surface area contributed by atoms with Crippen molar-refractivity contribution in [1.82, 2.24) is 9.62 Å². The van der Waals surface area contributed by atoms with Gasteiger partial charge in [0.1, 0.15) is 5.60 Å². The first-order valence-corrected chi connectivity index (χ1v) is 9.90. The molecule has 3 rings (SSSR count). The molecule has 138 valence electrons. The minimum absolute atomic E-state index is 0.108. The van der Waals surface area contributed by atoms with Gasteiger partial charge in [-0.05, 0) is 37.0 Å². The molecule has 1 aromatic carbocycles. The molecular weight excluding hydrogens is 354 g/mol. The predicted octanol–water partition coefficient (Wildman–Crippen LogP) is 1.14. The first kappa shape index (κ1) is 18.2. The number of rotatable bonds is 4. The highest BCUT2D eigenvalue weighted by atomic mass is 32.2. The van der Waals surface area contributed by atoms with Crippen LogP contribution in [0.15, 0.2) is 18.2 Å². The van der Waals surface area contributed by atoms with E-state index in [-0.39, 0.29) is 17.4 Å². The Bertz CT molecular complexity index is 768. The number of carbonyl (C=O) groups is 1. The van der Waals surface area contributed by atoms with Gasteiger partial charge < -0.3 is 9.64 Å². The molecule has 2 aliphatic heterocycles. The van der Waals surface area contributed by atoms with Crippen LogP contribution in [0.4, 0.5) is 8.78 Å². The summed E-state index contributed by atoms with van der Waals surface area (Å²) >= 11 is 0. The van der Waals surface area contributed by atoms with E-state index in [2.05, 4.69) is 4.72 Å². The Labute approximate surface area is 145 Å². The van der Waals surface area contributed by atoms with Crippen molar-refractivity contribution in [2.75, 3.05) is 32.5 Å². The van der Waals surface area contributed by atoms with Gasteiger partial charge in [-0.2, -0.15) is 0 Å². The molecule has 1 aromatic rings. The largest absolute Gasteiger partial charge is 0.371 e. The van der Waals surface area contributed by atoms with Crippen molar-refractivity contribution < 1.29 is 26.7 Å². The van der Waals surface area contributed by atoms with Gasteiger partial charge in [0.15, 0.2) is 11.6 Å². The fourth-order valence-corrected chi connectivity index (χ4v) is 3.74. The molecule has 6 nitrogen and oxygen atoms in total. The molecule has 0 unspecified atom stereocenters. The van der Waals surface area contributed by atoms with Crippen molar-refractivity contribution in [3.05, 3.63) is 35.4 Å². The lowest BCUT2D eigenvalue weighted by Gasteiger charge is -2.52. The number of likely N-dealkylation sites (tertiary alicyclic amines) is 1. The van der Waals surface area contributed by atoms with Crippen LogP contribution < -0.4 is 4.72 Å². The third-order valence-corrected chi connectivity index (χ3v) is 5.37. The Balaban J connectivity index is 1.51. The standard InChI is InChI=1S/C16H20F2N2O4S/c1-25(22,23)19-7-11-4-5-16(24-8-11)9-20(10-16)15(21)12-2-3-13(17)14(18)6-12/h2-3,6,11,19H,4-5,7-10H2,1H3/t11-/m1/s1. The number of nitrogens with zero attached hydrogens (tertiary/aromatic N) is 1. The van der Waals surface area contributed by atoms with Gasteiger partial charge in [0, 0.05) is 12.1 Å². The van der Waals surface area contributed by atoms with Crippen molar-refractivity contribution in [3.8, 4) is 0 Å². The monoisotopic (exact) mass is 374 g/mol. The average Bonchev–Trinajstić information content (AvgIpc) is 2.52. The van der Waals surface area contributed by atoms with Crippen molar-refractivity contribution in [2.45, 2.75) is 18.4 Å². The number of benzene rings is 1. The van der Waals surface area contributed by atoms with Crippen LogP contribution in [-0.2, 0) is 14.8 Å². The Morgan fingerprint density at radius 2 is 2.08 bits per heavy atom. The molecule has 1 N–H and O–H groups in total. The fraction of sp³-hybridized carbons (Fsp3) is 0.562. The first-order chi connectivity index (χ1) is 11.7. The molecule has 1 amide bonds. The van der Waals surface area contributed by atoms with E-state index >= 15 is 0 Å². The summed E-state index contributed by atoms with van der Waals surface area (Å²) in [5, 5.41) is 0. The second kappa shape index (κ2) is 6.62. The zero-order chi connectivity index (χ0) is 18.2. The molecule has 9 heteroatoms. The van der Waals surface area contributed by atoms with Crippen LogP contribution in [0.5, 0.6) is 0 Å². The number of hydrogen-bond donors (Lipinski definition) is 1. The summed E-state index contributed by atoms with van der Waals surface area (Å²) in [5.41, 5.74) is -0.296. The summed E-state index contributed by atoms with van der Waals surface area (Å²) in [5.74, 6) is -2.28. The molecule has 0 aromatic heterocycles. The molecule has 1 spiro atoms. The van der Waals surface area contributed by atoms with Crippen molar-refractivity contribution in [1.29, 1.82) is 0 Å². The van der Waals surface area contributed by atoms with E-state index in [1.165, 1.54) is 6.07 Å². The number of sulfonamides is 1. The highest BCUT2D eigenvalue weighted by molar-refractivity contribution is 7.88. The number of halogens is 2. The van der Waals surface area contributed by atoms with Gasteiger partial charge >= 0.3 is 0 Å². The molecular formula is C16H20F2N2O4S. The van der Waals surface area contributed by atoms with E-state index in [4.69, 9.17) is 4.74 Å². The summed E-state index contributed by atoms with van der Waals surface area (Å²) in [6, 6.07) is 3.10. The van der Waals surface area contributed by atoms with Gasteiger partial charge in [-0.25, -0.2) is 21.9 Å². The smallest absolute Gasteiger partial charge is 0.254 e. The molecule has 0 aliphatic carbocycles. The normalized spacial score (nSPS) is 22.7. The first-order valence-electron chi connectivity index (χ1n) is 8.00. The molecule has 0 radical (unpaired) electrons. The van der Waals surface area contributed by atoms with Crippen molar-refractivity contribution in [2.24, 2.45) is 5.92 Å². The van der Waals surface area contributed by atoms with Crippen LogP contribution in [0.2, 0.25) is 0 Å². The van der Waals surface area contributed by atoms with E-state index in [1.807, 2.05) is 0 Å². The molecule has 2 heterocycles. The number of nitrogens with one attached hydrogen (secondary N) is 1. The molecule has 2 aliphatic rings. The lowest BCUT2D eigenvalue weighted by atomic mass is 9.82. The summed E-state index contributed by atoms with van der Waals surface area (Å²) < 4.78 is 56.8. The SMILES string of the molecule is CS(=O)(=O)NC[C@H]1CCC2(CN(C(=O)c3ccc(F)c(F)c3)C2)OC1. The van der Waals surface area contributed by atoms with E-state index in [0.717, 1.165) is 31.2 Å². The number of amides is 1. The van der Waals surface area contributed by atoms with Gasteiger partial charge in [0.2, 0.25) is 10.0 Å². The molecule has 25 heavy (non-hydrogen) atoms. The molecule has 0 bridgehead atoms.